The molecule has 1 aliphatic heterocycles. The van der Waals surface area contributed by atoms with E-state index in [0.717, 1.165) is 10.5 Å². The third kappa shape index (κ3) is 2.23. The Labute approximate surface area is 99.7 Å². The number of nitrogens with zero attached hydrogens (tertiary/aromatic N) is 1. The minimum atomic E-state index is -0.0331. The Morgan fingerprint density at radius 1 is 1.50 bits per heavy atom. The molecule has 4 heteroatoms. The standard InChI is InChI=1S/C12H15NO2S/c1-9-7-13(15-8-9)12(14)10-5-3-4-6-11(10)16-2/h3-6,9H,7-8H2,1-2H3. The van der Waals surface area contributed by atoms with E-state index in [4.69, 9.17) is 4.84 Å². The molecule has 1 aliphatic rings. The molecule has 1 unspecified atom stereocenters. The maximum absolute atomic E-state index is 12.2. The van der Waals surface area contributed by atoms with Gasteiger partial charge in [0, 0.05) is 10.8 Å². The Balaban J connectivity index is 2.20. The Hall–Kier alpha value is -1.00. The summed E-state index contributed by atoms with van der Waals surface area (Å²) in [4.78, 5) is 18.5. The van der Waals surface area contributed by atoms with Crippen molar-refractivity contribution in [3.05, 3.63) is 29.8 Å². The molecule has 0 bridgehead atoms. The third-order valence-corrected chi connectivity index (χ3v) is 3.35. The highest BCUT2D eigenvalue weighted by Crippen LogP contribution is 2.23. The van der Waals surface area contributed by atoms with E-state index in [1.54, 1.807) is 11.8 Å². The number of hydroxylamine groups is 2. The summed E-state index contributed by atoms with van der Waals surface area (Å²) >= 11 is 1.58. The molecule has 0 aromatic heterocycles. The zero-order valence-corrected chi connectivity index (χ0v) is 10.3. The van der Waals surface area contributed by atoms with Gasteiger partial charge in [0.2, 0.25) is 0 Å². The molecule has 0 saturated carbocycles. The van der Waals surface area contributed by atoms with Gasteiger partial charge in [-0.25, -0.2) is 5.06 Å². The van der Waals surface area contributed by atoms with Crippen LogP contribution in [-0.2, 0) is 4.84 Å². The predicted molar refractivity (Wildman–Crippen MR) is 64.4 cm³/mol. The van der Waals surface area contributed by atoms with Crippen molar-refractivity contribution in [3.8, 4) is 0 Å². The predicted octanol–water partition coefficient (Wildman–Crippen LogP) is 2.43. The molecule has 16 heavy (non-hydrogen) atoms. The van der Waals surface area contributed by atoms with Crippen molar-refractivity contribution in [2.75, 3.05) is 19.4 Å². The molecule has 1 amide bonds. The first-order valence-corrected chi connectivity index (χ1v) is 6.52. The quantitative estimate of drug-likeness (QED) is 0.740. The summed E-state index contributed by atoms with van der Waals surface area (Å²) in [5.41, 5.74) is 0.726. The maximum Gasteiger partial charge on any atom is 0.278 e. The van der Waals surface area contributed by atoms with Gasteiger partial charge in [0.25, 0.3) is 5.91 Å². The van der Waals surface area contributed by atoms with Crippen LogP contribution in [0.2, 0.25) is 0 Å². The number of hydrogen-bond donors (Lipinski definition) is 0. The maximum atomic E-state index is 12.2. The van der Waals surface area contributed by atoms with E-state index < -0.39 is 0 Å². The normalized spacial score (nSPS) is 20.1. The van der Waals surface area contributed by atoms with E-state index in [1.807, 2.05) is 30.5 Å². The Morgan fingerprint density at radius 3 is 2.88 bits per heavy atom. The van der Waals surface area contributed by atoms with Crippen molar-refractivity contribution >= 4 is 17.7 Å². The first kappa shape index (κ1) is 11.5. The van der Waals surface area contributed by atoms with Gasteiger partial charge in [0.1, 0.15) is 0 Å². The van der Waals surface area contributed by atoms with Crippen molar-refractivity contribution in [3.63, 3.8) is 0 Å². The molecule has 0 radical (unpaired) electrons. The smallest absolute Gasteiger partial charge is 0.270 e. The molecule has 1 aromatic carbocycles. The lowest BCUT2D eigenvalue weighted by atomic mass is 10.2. The zero-order chi connectivity index (χ0) is 11.5. The van der Waals surface area contributed by atoms with Gasteiger partial charge in [-0.2, -0.15) is 0 Å². The summed E-state index contributed by atoms with van der Waals surface area (Å²) in [5.74, 6) is 0.389. The molecule has 1 atom stereocenters. The fourth-order valence-corrected chi connectivity index (χ4v) is 2.29. The second-order valence-corrected chi connectivity index (χ2v) is 4.82. The first-order chi connectivity index (χ1) is 7.72. The monoisotopic (exact) mass is 237 g/mol. The number of carbonyl (C=O) groups excluding carboxylic acids is 1. The van der Waals surface area contributed by atoms with Crippen LogP contribution >= 0.6 is 11.8 Å². The SMILES string of the molecule is CSc1ccccc1C(=O)N1CC(C)CO1. The van der Waals surface area contributed by atoms with Crippen molar-refractivity contribution in [1.29, 1.82) is 0 Å². The summed E-state index contributed by atoms with van der Waals surface area (Å²) in [6.45, 7) is 3.39. The number of thioether (sulfide) groups is 1. The molecule has 1 aromatic rings. The van der Waals surface area contributed by atoms with Gasteiger partial charge in [-0.3, -0.25) is 9.63 Å². The highest BCUT2D eigenvalue weighted by molar-refractivity contribution is 7.98. The molecule has 1 saturated heterocycles. The number of rotatable bonds is 2. The number of carbonyl (C=O) groups is 1. The highest BCUT2D eigenvalue weighted by atomic mass is 32.2. The van der Waals surface area contributed by atoms with Crippen molar-refractivity contribution in [1.82, 2.24) is 5.06 Å². The van der Waals surface area contributed by atoms with Crippen LogP contribution in [0.5, 0.6) is 0 Å². The number of benzene rings is 1. The topological polar surface area (TPSA) is 29.5 Å². The molecule has 0 N–H and O–H groups in total. The van der Waals surface area contributed by atoms with Gasteiger partial charge in [-0.15, -0.1) is 11.8 Å². The van der Waals surface area contributed by atoms with Crippen LogP contribution in [0.1, 0.15) is 17.3 Å². The molecule has 1 fully saturated rings. The van der Waals surface area contributed by atoms with Gasteiger partial charge in [0.15, 0.2) is 0 Å². The van der Waals surface area contributed by atoms with Gasteiger partial charge in [-0.05, 0) is 18.4 Å². The van der Waals surface area contributed by atoms with E-state index in [9.17, 15) is 4.79 Å². The third-order valence-electron chi connectivity index (χ3n) is 2.56. The highest BCUT2D eigenvalue weighted by Gasteiger charge is 2.26. The fourth-order valence-electron chi connectivity index (χ4n) is 1.70. The first-order valence-electron chi connectivity index (χ1n) is 5.30. The van der Waals surface area contributed by atoms with Gasteiger partial charge in [0.05, 0.1) is 18.7 Å². The lowest BCUT2D eigenvalue weighted by Gasteiger charge is -2.15. The molecule has 0 aliphatic carbocycles. The van der Waals surface area contributed by atoms with Crippen LogP contribution in [0.3, 0.4) is 0 Å². The summed E-state index contributed by atoms with van der Waals surface area (Å²) in [5, 5.41) is 1.47. The molecular formula is C12H15NO2S. The Kier molecular flexibility index (Phi) is 3.51. The minimum absolute atomic E-state index is 0.0331. The second kappa shape index (κ2) is 4.89. The molecular weight excluding hydrogens is 222 g/mol. The van der Waals surface area contributed by atoms with E-state index in [2.05, 4.69) is 6.92 Å². The van der Waals surface area contributed by atoms with E-state index in [0.29, 0.717) is 19.1 Å². The van der Waals surface area contributed by atoms with Crippen LogP contribution in [0.25, 0.3) is 0 Å². The Morgan fingerprint density at radius 2 is 2.25 bits per heavy atom. The largest absolute Gasteiger partial charge is 0.278 e. The van der Waals surface area contributed by atoms with Gasteiger partial charge >= 0.3 is 0 Å². The summed E-state index contributed by atoms with van der Waals surface area (Å²) in [6.07, 6.45) is 1.97. The van der Waals surface area contributed by atoms with E-state index in [1.165, 1.54) is 5.06 Å². The summed E-state index contributed by atoms with van der Waals surface area (Å²) < 4.78 is 0. The van der Waals surface area contributed by atoms with E-state index >= 15 is 0 Å². The minimum Gasteiger partial charge on any atom is -0.270 e. The van der Waals surface area contributed by atoms with Gasteiger partial charge in [-0.1, -0.05) is 19.1 Å². The molecule has 3 nitrogen and oxygen atoms in total. The lowest BCUT2D eigenvalue weighted by Crippen LogP contribution is -2.27. The molecule has 0 spiro atoms. The average Bonchev–Trinajstić information content (AvgIpc) is 2.75. The lowest BCUT2D eigenvalue weighted by molar-refractivity contribution is -0.0774. The van der Waals surface area contributed by atoms with Crippen LogP contribution in [-0.4, -0.2) is 30.4 Å². The summed E-state index contributed by atoms with van der Waals surface area (Å²) in [6, 6.07) is 7.63. The van der Waals surface area contributed by atoms with E-state index in [-0.39, 0.29) is 5.91 Å². The van der Waals surface area contributed by atoms with Crippen molar-refractivity contribution in [2.45, 2.75) is 11.8 Å². The van der Waals surface area contributed by atoms with Crippen LogP contribution < -0.4 is 0 Å². The van der Waals surface area contributed by atoms with Crippen LogP contribution in [0.15, 0.2) is 29.2 Å². The fraction of sp³-hybridized carbons (Fsp3) is 0.417. The molecule has 2 rings (SSSR count). The zero-order valence-electron chi connectivity index (χ0n) is 9.47. The summed E-state index contributed by atoms with van der Waals surface area (Å²) in [7, 11) is 0. The van der Waals surface area contributed by atoms with Gasteiger partial charge < -0.3 is 0 Å². The van der Waals surface area contributed by atoms with Crippen molar-refractivity contribution < 1.29 is 9.63 Å². The Bertz CT molecular complexity index is 394. The number of amides is 1. The molecule has 86 valence electrons. The van der Waals surface area contributed by atoms with Crippen LogP contribution in [0.4, 0.5) is 0 Å². The van der Waals surface area contributed by atoms with Crippen molar-refractivity contribution in [2.24, 2.45) is 5.92 Å². The second-order valence-electron chi connectivity index (χ2n) is 3.97. The molecule has 1 heterocycles. The number of hydrogen-bond acceptors (Lipinski definition) is 3. The van der Waals surface area contributed by atoms with Crippen LogP contribution in [0, 0.1) is 5.92 Å². The average molecular weight is 237 g/mol.